The average Bonchev–Trinajstić information content (AvgIpc) is 3.65. The summed E-state index contributed by atoms with van der Waals surface area (Å²) in [5.74, 6) is -1.90. The number of amides is 2. The monoisotopic (exact) mass is 470 g/mol. The van der Waals surface area contributed by atoms with Crippen LogP contribution in [0.25, 0.3) is 10.9 Å². The normalized spacial score (nSPS) is 16.4. The number of anilines is 1. The number of hydrogen-bond donors (Lipinski definition) is 0. The highest BCUT2D eigenvalue weighted by molar-refractivity contribution is 6.59. The molecule has 2 heterocycles. The third-order valence-electron chi connectivity index (χ3n) is 6.25. The van der Waals surface area contributed by atoms with E-state index in [2.05, 4.69) is 0 Å². The number of nitrogens with zero attached hydrogens (tertiary/aromatic N) is 4. The lowest BCUT2D eigenvalue weighted by molar-refractivity contribution is 0.0598. The molecule has 10 nitrogen and oxygen atoms in total. The predicted octanol–water partition coefficient (Wildman–Crippen LogP) is 0.116. The van der Waals surface area contributed by atoms with Gasteiger partial charge in [0.05, 0.1) is 38.2 Å². The van der Waals surface area contributed by atoms with Crippen LogP contribution < -0.4 is 15.1 Å². The van der Waals surface area contributed by atoms with E-state index in [0.717, 1.165) is 18.9 Å². The number of pyridine rings is 1. The maximum absolute atomic E-state index is 15.6. The fourth-order valence-electron chi connectivity index (χ4n) is 4.49. The molecule has 1 aromatic carbocycles. The summed E-state index contributed by atoms with van der Waals surface area (Å²) in [6.45, 7) is 0.838. The summed E-state index contributed by atoms with van der Waals surface area (Å²) >= 11 is 0. The van der Waals surface area contributed by atoms with Crippen LogP contribution in [0.3, 0.4) is 0 Å². The molecule has 0 N–H and O–H groups in total. The summed E-state index contributed by atoms with van der Waals surface area (Å²) in [5, 5.41) is 2.71. The minimum absolute atomic E-state index is 0.0263. The SMILES string of the molecule is BC(=O)N1CCN(c2c(F)cc3c(=O)c(C(=O)OC)cn(C4CC4)c3c2OC)CCN1C(B)=O. The van der Waals surface area contributed by atoms with E-state index in [-0.39, 0.29) is 66.2 Å². The number of carbonyl (C=O) groups is 3. The number of esters is 1. The molecule has 1 aliphatic carbocycles. The molecule has 1 saturated carbocycles. The number of hydrogen-bond acceptors (Lipinski definition) is 7. The van der Waals surface area contributed by atoms with Crippen molar-refractivity contribution >= 4 is 49.9 Å². The molecule has 0 unspecified atom stereocenters. The summed E-state index contributed by atoms with van der Waals surface area (Å²) in [6, 6.07) is 1.17. The van der Waals surface area contributed by atoms with Crippen LogP contribution in [0.4, 0.5) is 19.7 Å². The van der Waals surface area contributed by atoms with Crippen molar-refractivity contribution in [2.45, 2.75) is 18.9 Å². The van der Waals surface area contributed by atoms with E-state index in [9.17, 15) is 19.2 Å². The molecule has 2 fully saturated rings. The number of halogens is 1. The predicted molar refractivity (Wildman–Crippen MR) is 128 cm³/mol. The maximum atomic E-state index is 15.6. The lowest BCUT2D eigenvalue weighted by Crippen LogP contribution is -2.49. The first-order valence-corrected chi connectivity index (χ1v) is 11.0. The average molecular weight is 470 g/mol. The molecule has 0 spiro atoms. The van der Waals surface area contributed by atoms with Gasteiger partial charge in [-0.1, -0.05) is 0 Å². The third-order valence-corrected chi connectivity index (χ3v) is 6.25. The molecule has 2 aliphatic rings. The Morgan fingerprint density at radius 3 is 2.09 bits per heavy atom. The number of fused-ring (bicyclic) bond motifs is 1. The summed E-state index contributed by atoms with van der Waals surface area (Å²) in [6.07, 6.45) is 3.15. The number of rotatable bonds is 4. The van der Waals surface area contributed by atoms with Crippen molar-refractivity contribution in [3.05, 3.63) is 33.9 Å². The molecule has 4 rings (SSSR count). The molecule has 0 radical (unpaired) electrons. The van der Waals surface area contributed by atoms with Crippen molar-refractivity contribution in [1.82, 2.24) is 14.6 Å². The van der Waals surface area contributed by atoms with Gasteiger partial charge < -0.3 is 18.9 Å². The van der Waals surface area contributed by atoms with Crippen molar-refractivity contribution < 1.29 is 28.2 Å². The Labute approximate surface area is 197 Å². The van der Waals surface area contributed by atoms with Crippen LogP contribution in [-0.4, -0.2) is 88.3 Å². The van der Waals surface area contributed by atoms with Crippen molar-refractivity contribution in [2.24, 2.45) is 0 Å². The molecule has 0 atom stereocenters. The Morgan fingerprint density at radius 2 is 1.62 bits per heavy atom. The summed E-state index contributed by atoms with van der Waals surface area (Å²) in [5.41, 5.74) is -0.261. The minimum atomic E-state index is -0.786. The zero-order valence-electron chi connectivity index (χ0n) is 19.6. The number of ether oxygens (including phenoxy) is 2. The molecule has 2 aromatic rings. The highest BCUT2D eigenvalue weighted by Gasteiger charge is 2.33. The van der Waals surface area contributed by atoms with Crippen LogP contribution in [0.15, 0.2) is 17.1 Å². The Balaban J connectivity index is 1.89. The zero-order valence-corrected chi connectivity index (χ0v) is 19.6. The molecule has 178 valence electrons. The molecular formula is C21H25B2FN4O6. The first-order valence-electron chi connectivity index (χ1n) is 11.0. The number of hydrazine groups is 1. The van der Waals surface area contributed by atoms with E-state index in [4.69, 9.17) is 9.47 Å². The Morgan fingerprint density at radius 1 is 1.03 bits per heavy atom. The zero-order chi connectivity index (χ0) is 24.7. The van der Waals surface area contributed by atoms with Gasteiger partial charge in [-0.15, -0.1) is 0 Å². The fourth-order valence-corrected chi connectivity index (χ4v) is 4.49. The van der Waals surface area contributed by atoms with Gasteiger partial charge in [-0.25, -0.2) is 9.18 Å². The Kier molecular flexibility index (Phi) is 6.28. The van der Waals surface area contributed by atoms with Gasteiger partial charge in [-0.3, -0.25) is 24.4 Å². The molecule has 2 amide bonds. The van der Waals surface area contributed by atoms with E-state index >= 15 is 4.39 Å². The number of benzene rings is 1. The first-order chi connectivity index (χ1) is 16.2. The third kappa shape index (κ3) is 3.99. The Bertz CT molecular complexity index is 1220. The summed E-state index contributed by atoms with van der Waals surface area (Å²) < 4.78 is 27.8. The van der Waals surface area contributed by atoms with Gasteiger partial charge in [-0.2, -0.15) is 0 Å². The van der Waals surface area contributed by atoms with Crippen LogP contribution in [0.1, 0.15) is 29.2 Å². The quantitative estimate of drug-likeness (QED) is 0.462. The standard InChI is InChI=1S/C21H25B2FN4O6/c1-33-18-15-12(17(29)13(19(30)34-2)10-26(15)11-3-4-11)9-14(24)16(18)25-5-7-27(20(22)31)28(8-6-25)21(23)32/h9-11H,3-8,22-23H2,1-2H3. The topological polar surface area (TPSA) is 101 Å². The van der Waals surface area contributed by atoms with Crippen LogP contribution in [0, 0.1) is 5.82 Å². The van der Waals surface area contributed by atoms with E-state index in [1.54, 1.807) is 9.47 Å². The van der Waals surface area contributed by atoms with Crippen LogP contribution >= 0.6 is 0 Å². The van der Waals surface area contributed by atoms with Crippen LogP contribution in [0.2, 0.25) is 0 Å². The molecule has 1 saturated heterocycles. The van der Waals surface area contributed by atoms with Gasteiger partial charge >= 0.3 is 5.97 Å². The smallest absolute Gasteiger partial charge is 0.343 e. The largest absolute Gasteiger partial charge is 0.492 e. The van der Waals surface area contributed by atoms with Crippen molar-refractivity contribution in [3.63, 3.8) is 0 Å². The fraction of sp³-hybridized carbons (Fsp3) is 0.429. The van der Waals surface area contributed by atoms with Gasteiger partial charge in [0.25, 0.3) is 0 Å². The minimum Gasteiger partial charge on any atom is -0.492 e. The summed E-state index contributed by atoms with van der Waals surface area (Å²) in [7, 11) is 5.33. The van der Waals surface area contributed by atoms with Gasteiger partial charge in [-0.05, 0) is 18.9 Å². The van der Waals surface area contributed by atoms with Crippen molar-refractivity contribution in [3.8, 4) is 5.75 Å². The van der Waals surface area contributed by atoms with Crippen molar-refractivity contribution in [1.29, 1.82) is 0 Å². The van der Waals surface area contributed by atoms with E-state index in [1.807, 2.05) is 0 Å². The van der Waals surface area contributed by atoms with Crippen LogP contribution in [0.5, 0.6) is 5.75 Å². The Hall–Kier alpha value is -3.50. The second-order valence-corrected chi connectivity index (χ2v) is 8.41. The van der Waals surface area contributed by atoms with Gasteiger partial charge in [0.15, 0.2) is 23.2 Å². The van der Waals surface area contributed by atoms with E-state index < -0.39 is 17.2 Å². The highest BCUT2D eigenvalue weighted by atomic mass is 19.1. The van der Waals surface area contributed by atoms with Gasteiger partial charge in [0, 0.05) is 25.3 Å². The number of methoxy groups -OCH3 is 2. The summed E-state index contributed by atoms with van der Waals surface area (Å²) in [4.78, 5) is 51.2. The molecule has 1 aliphatic heterocycles. The molecule has 34 heavy (non-hydrogen) atoms. The van der Waals surface area contributed by atoms with Crippen molar-refractivity contribution in [2.75, 3.05) is 45.3 Å². The number of carbonyl (C=O) groups excluding carboxylic acids is 3. The molecule has 1 aromatic heterocycles. The molecule has 13 heteroatoms. The molecule has 0 bridgehead atoms. The highest BCUT2D eigenvalue weighted by Crippen LogP contribution is 2.43. The van der Waals surface area contributed by atoms with Gasteiger partial charge in [0.1, 0.15) is 11.3 Å². The first kappa shape index (κ1) is 23.7. The lowest BCUT2D eigenvalue weighted by Gasteiger charge is -2.31. The lowest BCUT2D eigenvalue weighted by atomic mass is 10.1. The van der Waals surface area contributed by atoms with E-state index in [1.165, 1.54) is 46.1 Å². The second-order valence-electron chi connectivity index (χ2n) is 8.41. The van der Waals surface area contributed by atoms with E-state index in [0.29, 0.717) is 5.52 Å². The molecular weight excluding hydrogens is 445 g/mol. The van der Waals surface area contributed by atoms with Gasteiger partial charge in [0.2, 0.25) is 21.1 Å². The number of aromatic nitrogens is 1. The maximum Gasteiger partial charge on any atom is 0.343 e. The van der Waals surface area contributed by atoms with Crippen LogP contribution in [-0.2, 0) is 4.74 Å². The second kappa shape index (κ2) is 9.03.